The van der Waals surface area contributed by atoms with Gasteiger partial charge in [-0.25, -0.2) is 13.1 Å². The zero-order valence-corrected chi connectivity index (χ0v) is 13.6. The molecule has 1 heterocycles. The summed E-state index contributed by atoms with van der Waals surface area (Å²) in [6, 6.07) is 0.514. The largest absolute Gasteiger partial charge is 0.375 e. The summed E-state index contributed by atoms with van der Waals surface area (Å²) in [5.41, 5.74) is 0.109. The fourth-order valence-electron chi connectivity index (χ4n) is 1.98. The van der Waals surface area contributed by atoms with Crippen LogP contribution in [0.5, 0.6) is 0 Å². The summed E-state index contributed by atoms with van der Waals surface area (Å²) in [6.45, 7) is 6.83. The first kappa shape index (κ1) is 16.4. The minimum Gasteiger partial charge on any atom is -0.375 e. The maximum Gasteiger partial charge on any atom is 0.257 e. The lowest BCUT2D eigenvalue weighted by Gasteiger charge is -2.24. The second-order valence-corrected chi connectivity index (χ2v) is 7.60. The molecule has 1 aliphatic rings. The molecule has 0 saturated heterocycles. The number of aromatic nitrogens is 2. The van der Waals surface area contributed by atoms with Crippen molar-refractivity contribution in [3.63, 3.8) is 0 Å². The highest BCUT2D eigenvalue weighted by atomic mass is 32.2. The van der Waals surface area contributed by atoms with Crippen molar-refractivity contribution in [3.05, 3.63) is 11.8 Å². The molecule has 1 fully saturated rings. The van der Waals surface area contributed by atoms with Crippen molar-refractivity contribution in [1.82, 2.24) is 20.2 Å². The molecule has 1 aromatic heterocycles. The fraction of sp³-hybridized carbons (Fsp3) is 0.769. The molecule has 0 spiro atoms. The number of nitrogens with zero attached hydrogens (tertiary/aromatic N) is 1. The number of ether oxygens (including phenoxy) is 1. The van der Waals surface area contributed by atoms with E-state index >= 15 is 0 Å². The van der Waals surface area contributed by atoms with Gasteiger partial charge in [0.15, 0.2) is 5.03 Å². The molecule has 1 aromatic rings. The lowest BCUT2D eigenvalue weighted by Crippen LogP contribution is -2.40. The van der Waals surface area contributed by atoms with E-state index in [2.05, 4.69) is 20.2 Å². The molecule has 0 bridgehead atoms. The summed E-state index contributed by atoms with van der Waals surface area (Å²) in [4.78, 5) is 0. The van der Waals surface area contributed by atoms with Crippen LogP contribution in [0.4, 0.5) is 0 Å². The molecular weight excluding hydrogens is 292 g/mol. The van der Waals surface area contributed by atoms with Gasteiger partial charge in [0.1, 0.15) is 0 Å². The first-order valence-electron chi connectivity index (χ1n) is 7.23. The Morgan fingerprint density at radius 2 is 2.19 bits per heavy atom. The number of aromatic amines is 1. The van der Waals surface area contributed by atoms with Gasteiger partial charge in [-0.1, -0.05) is 0 Å². The van der Waals surface area contributed by atoms with Gasteiger partial charge in [0.25, 0.3) is 10.0 Å². The van der Waals surface area contributed by atoms with Crippen LogP contribution in [0.15, 0.2) is 11.2 Å². The Morgan fingerprint density at radius 3 is 2.81 bits per heavy atom. The van der Waals surface area contributed by atoms with Crippen molar-refractivity contribution in [1.29, 1.82) is 0 Å². The van der Waals surface area contributed by atoms with E-state index in [1.54, 1.807) is 6.20 Å². The highest BCUT2D eigenvalue weighted by molar-refractivity contribution is 7.89. The van der Waals surface area contributed by atoms with Crippen molar-refractivity contribution in [2.75, 3.05) is 13.2 Å². The smallest absolute Gasteiger partial charge is 0.257 e. The molecule has 0 atom stereocenters. The number of nitrogens with one attached hydrogen (secondary N) is 3. The third-order valence-corrected chi connectivity index (χ3v) is 4.74. The standard InChI is InChI=1S/C13H24N4O3S/c1-4-20-13(2,3)9-16-21(18,19)12-10(8-15-17-12)7-14-11-5-6-11/h8,11,14,16H,4-7,9H2,1-3H3,(H,15,17). The molecule has 2 rings (SSSR count). The summed E-state index contributed by atoms with van der Waals surface area (Å²) in [5, 5.41) is 9.84. The van der Waals surface area contributed by atoms with Gasteiger partial charge in [-0.05, 0) is 33.6 Å². The molecule has 0 unspecified atom stereocenters. The van der Waals surface area contributed by atoms with Crippen LogP contribution >= 0.6 is 0 Å². The number of H-pyrrole nitrogens is 1. The molecule has 0 aliphatic heterocycles. The van der Waals surface area contributed by atoms with E-state index in [0.29, 0.717) is 24.8 Å². The first-order chi connectivity index (χ1) is 9.84. The second-order valence-electron chi connectivity index (χ2n) is 5.90. The zero-order chi connectivity index (χ0) is 15.5. The highest BCUT2D eigenvalue weighted by Gasteiger charge is 2.27. The van der Waals surface area contributed by atoms with Crippen LogP contribution in [0.25, 0.3) is 0 Å². The van der Waals surface area contributed by atoms with E-state index in [1.807, 2.05) is 20.8 Å². The third-order valence-electron chi connectivity index (χ3n) is 3.33. The Morgan fingerprint density at radius 1 is 1.48 bits per heavy atom. The SMILES string of the molecule is CCOC(C)(C)CNS(=O)(=O)c1[nH]ncc1CNC1CC1. The van der Waals surface area contributed by atoms with Crippen LogP contribution in [0, 0.1) is 0 Å². The number of hydrogen-bond acceptors (Lipinski definition) is 5. The van der Waals surface area contributed by atoms with Crippen molar-refractivity contribution in [2.24, 2.45) is 0 Å². The van der Waals surface area contributed by atoms with Crippen molar-refractivity contribution >= 4 is 10.0 Å². The Bertz CT molecular complexity index is 564. The summed E-state index contributed by atoms with van der Waals surface area (Å²) in [7, 11) is -3.61. The average Bonchev–Trinajstić information content (AvgIpc) is 3.10. The van der Waals surface area contributed by atoms with E-state index in [4.69, 9.17) is 4.74 Å². The van der Waals surface area contributed by atoms with Crippen LogP contribution in [-0.4, -0.2) is 43.4 Å². The predicted octanol–water partition coefficient (Wildman–Crippen LogP) is 0.755. The van der Waals surface area contributed by atoms with Crippen LogP contribution in [0.3, 0.4) is 0 Å². The molecule has 120 valence electrons. The topological polar surface area (TPSA) is 96.1 Å². The molecule has 21 heavy (non-hydrogen) atoms. The number of hydrogen-bond donors (Lipinski definition) is 3. The Kier molecular flexibility index (Phi) is 5.03. The Balaban J connectivity index is 1.99. The molecule has 0 amide bonds. The molecule has 0 aromatic carbocycles. The molecule has 1 saturated carbocycles. The maximum atomic E-state index is 12.4. The lowest BCUT2D eigenvalue weighted by atomic mass is 10.1. The van der Waals surface area contributed by atoms with Crippen molar-refractivity contribution < 1.29 is 13.2 Å². The van der Waals surface area contributed by atoms with Gasteiger partial charge >= 0.3 is 0 Å². The molecule has 7 nitrogen and oxygen atoms in total. The van der Waals surface area contributed by atoms with Gasteiger partial charge in [-0.15, -0.1) is 0 Å². The second kappa shape index (κ2) is 6.43. The Hall–Kier alpha value is -0.960. The van der Waals surface area contributed by atoms with Crippen molar-refractivity contribution in [2.45, 2.75) is 56.8 Å². The van der Waals surface area contributed by atoms with Gasteiger partial charge < -0.3 is 10.1 Å². The van der Waals surface area contributed by atoms with Crippen LogP contribution in [-0.2, 0) is 21.3 Å². The Labute approximate surface area is 125 Å². The highest BCUT2D eigenvalue weighted by Crippen LogP contribution is 2.20. The lowest BCUT2D eigenvalue weighted by molar-refractivity contribution is -0.00516. The first-order valence-corrected chi connectivity index (χ1v) is 8.71. The minimum atomic E-state index is -3.61. The molecule has 8 heteroatoms. The molecule has 1 aliphatic carbocycles. The van der Waals surface area contributed by atoms with Crippen LogP contribution < -0.4 is 10.0 Å². The van der Waals surface area contributed by atoms with Gasteiger partial charge in [0.05, 0.1) is 11.8 Å². The summed E-state index contributed by atoms with van der Waals surface area (Å²) >= 11 is 0. The summed E-state index contributed by atoms with van der Waals surface area (Å²) in [5.74, 6) is 0. The fourth-order valence-corrected chi connectivity index (χ4v) is 3.31. The molecular formula is C13H24N4O3S. The van der Waals surface area contributed by atoms with Crippen molar-refractivity contribution in [3.8, 4) is 0 Å². The average molecular weight is 316 g/mol. The maximum absolute atomic E-state index is 12.4. The predicted molar refractivity (Wildman–Crippen MR) is 79.3 cm³/mol. The van der Waals surface area contributed by atoms with Gasteiger partial charge in [0, 0.05) is 31.3 Å². The zero-order valence-electron chi connectivity index (χ0n) is 12.8. The third kappa shape index (κ3) is 4.77. The minimum absolute atomic E-state index is 0.128. The van der Waals surface area contributed by atoms with E-state index < -0.39 is 15.6 Å². The normalized spacial score (nSPS) is 16.3. The van der Waals surface area contributed by atoms with Gasteiger partial charge in [0.2, 0.25) is 0 Å². The molecule has 3 N–H and O–H groups in total. The van der Waals surface area contributed by atoms with Gasteiger partial charge in [-0.2, -0.15) is 5.10 Å². The van der Waals surface area contributed by atoms with Crippen LogP contribution in [0.2, 0.25) is 0 Å². The van der Waals surface area contributed by atoms with E-state index in [9.17, 15) is 8.42 Å². The molecule has 0 radical (unpaired) electrons. The quantitative estimate of drug-likeness (QED) is 0.625. The monoisotopic (exact) mass is 316 g/mol. The van der Waals surface area contributed by atoms with Crippen LogP contribution in [0.1, 0.15) is 39.2 Å². The van der Waals surface area contributed by atoms with Gasteiger partial charge in [-0.3, -0.25) is 5.10 Å². The van der Waals surface area contributed by atoms with E-state index in [0.717, 1.165) is 12.8 Å². The van der Waals surface area contributed by atoms with E-state index in [1.165, 1.54) is 0 Å². The van der Waals surface area contributed by atoms with E-state index in [-0.39, 0.29) is 11.6 Å². The number of rotatable bonds is 9. The summed E-state index contributed by atoms with van der Waals surface area (Å²) in [6.07, 6.45) is 3.86. The number of sulfonamides is 1. The summed E-state index contributed by atoms with van der Waals surface area (Å²) < 4.78 is 32.8.